The number of nitrogens with one attached hydrogen (secondary N) is 4. The zero-order valence-electron chi connectivity index (χ0n) is 17.0. The second-order valence-electron chi connectivity index (χ2n) is 7.25. The van der Waals surface area contributed by atoms with E-state index in [9.17, 15) is 9.18 Å². The Labute approximate surface area is 180 Å². The Morgan fingerprint density at radius 2 is 1.87 bits per heavy atom. The number of nitrogens with zero attached hydrogens (tertiary/aromatic N) is 1. The molecule has 1 aliphatic rings. The predicted octanol–water partition coefficient (Wildman–Crippen LogP) is 2.09. The molecule has 2 aromatic rings. The molecule has 3 rings (SSSR count). The first kappa shape index (κ1) is 21.8. The van der Waals surface area contributed by atoms with E-state index >= 15 is 0 Å². The molecule has 0 aromatic heterocycles. The standard InChI is InChI=1S/C22H26FN7O/c23-19-13-16(3-6-18(19)15-8-11-30(12-9-15)22(26)27)20(31)29-17-4-1-14(2-5-17)7-10-28-21(24)25/h1-6,8,13H,7,9-12H2,(H3,26,27)(H,29,31)(H4,24,25,28). The van der Waals surface area contributed by atoms with Crippen LogP contribution in [0, 0.1) is 16.6 Å². The number of amides is 1. The number of nitrogens with two attached hydrogens (primary N) is 2. The van der Waals surface area contributed by atoms with Gasteiger partial charge in [0.15, 0.2) is 11.9 Å². The van der Waals surface area contributed by atoms with E-state index in [2.05, 4.69) is 10.6 Å². The number of rotatable bonds is 6. The van der Waals surface area contributed by atoms with Crippen LogP contribution in [0.2, 0.25) is 0 Å². The van der Waals surface area contributed by atoms with Crippen molar-refractivity contribution in [1.82, 2.24) is 10.2 Å². The molecule has 0 saturated carbocycles. The minimum Gasteiger partial charge on any atom is -0.370 e. The third-order valence-electron chi connectivity index (χ3n) is 5.07. The van der Waals surface area contributed by atoms with Gasteiger partial charge in [-0.3, -0.25) is 15.6 Å². The molecular formula is C22H26FN7O. The first-order valence-corrected chi connectivity index (χ1v) is 9.89. The molecule has 0 atom stereocenters. The highest BCUT2D eigenvalue weighted by molar-refractivity contribution is 6.04. The van der Waals surface area contributed by atoms with Crippen molar-refractivity contribution in [1.29, 1.82) is 10.8 Å². The molecule has 0 fully saturated rings. The van der Waals surface area contributed by atoms with Crippen molar-refractivity contribution in [3.05, 3.63) is 71.0 Å². The molecule has 2 aromatic carbocycles. The van der Waals surface area contributed by atoms with Crippen LogP contribution < -0.4 is 22.1 Å². The van der Waals surface area contributed by atoms with E-state index < -0.39 is 11.7 Å². The van der Waals surface area contributed by atoms with E-state index in [-0.39, 0.29) is 17.5 Å². The van der Waals surface area contributed by atoms with Gasteiger partial charge in [-0.25, -0.2) is 4.39 Å². The first-order valence-electron chi connectivity index (χ1n) is 9.89. The molecule has 1 aliphatic heterocycles. The Kier molecular flexibility index (Phi) is 6.86. The van der Waals surface area contributed by atoms with Gasteiger partial charge in [0.05, 0.1) is 0 Å². The Morgan fingerprint density at radius 1 is 1.13 bits per heavy atom. The largest absolute Gasteiger partial charge is 0.370 e. The zero-order valence-corrected chi connectivity index (χ0v) is 17.0. The molecule has 0 aliphatic carbocycles. The van der Waals surface area contributed by atoms with E-state index in [4.69, 9.17) is 22.3 Å². The third-order valence-corrected chi connectivity index (χ3v) is 5.07. The predicted molar refractivity (Wildman–Crippen MR) is 120 cm³/mol. The zero-order chi connectivity index (χ0) is 22.4. The molecule has 0 saturated heterocycles. The fourth-order valence-electron chi connectivity index (χ4n) is 3.35. The van der Waals surface area contributed by atoms with E-state index in [1.165, 1.54) is 6.07 Å². The smallest absolute Gasteiger partial charge is 0.255 e. The lowest BCUT2D eigenvalue weighted by Gasteiger charge is -2.26. The van der Waals surface area contributed by atoms with Crippen LogP contribution in [-0.4, -0.2) is 42.4 Å². The van der Waals surface area contributed by atoms with Gasteiger partial charge in [-0.2, -0.15) is 0 Å². The molecule has 0 bridgehead atoms. The number of guanidine groups is 2. The van der Waals surface area contributed by atoms with Crippen molar-refractivity contribution in [3.8, 4) is 0 Å². The third kappa shape index (κ3) is 5.81. The van der Waals surface area contributed by atoms with Crippen LogP contribution >= 0.6 is 0 Å². The maximum atomic E-state index is 14.7. The molecule has 8 nitrogen and oxygen atoms in total. The molecule has 1 amide bonds. The minimum absolute atomic E-state index is 0.00329. The molecule has 162 valence electrons. The number of halogens is 1. The first-order chi connectivity index (χ1) is 14.8. The van der Waals surface area contributed by atoms with Gasteiger partial charge in [0.25, 0.3) is 5.91 Å². The van der Waals surface area contributed by atoms with Crippen LogP contribution in [0.5, 0.6) is 0 Å². The number of hydrogen-bond donors (Lipinski definition) is 6. The van der Waals surface area contributed by atoms with Crippen molar-refractivity contribution >= 4 is 29.1 Å². The number of carbonyl (C=O) groups excluding carboxylic acids is 1. The second-order valence-corrected chi connectivity index (χ2v) is 7.25. The number of carbonyl (C=O) groups is 1. The Balaban J connectivity index is 1.62. The fourth-order valence-corrected chi connectivity index (χ4v) is 3.35. The summed E-state index contributed by atoms with van der Waals surface area (Å²) in [4.78, 5) is 14.2. The van der Waals surface area contributed by atoms with E-state index in [1.807, 2.05) is 18.2 Å². The van der Waals surface area contributed by atoms with Gasteiger partial charge in [-0.15, -0.1) is 0 Å². The second kappa shape index (κ2) is 9.75. The average Bonchev–Trinajstić information content (AvgIpc) is 2.74. The Hall–Kier alpha value is -3.88. The van der Waals surface area contributed by atoms with Crippen molar-refractivity contribution in [2.75, 3.05) is 25.0 Å². The molecule has 31 heavy (non-hydrogen) atoms. The molecule has 0 spiro atoms. The van der Waals surface area contributed by atoms with Crippen molar-refractivity contribution < 1.29 is 9.18 Å². The Bertz CT molecular complexity index is 1020. The lowest BCUT2D eigenvalue weighted by molar-refractivity contribution is 0.102. The van der Waals surface area contributed by atoms with E-state index in [0.29, 0.717) is 43.7 Å². The summed E-state index contributed by atoms with van der Waals surface area (Å²) in [6.07, 6.45) is 3.13. The molecule has 9 heteroatoms. The van der Waals surface area contributed by atoms with Crippen molar-refractivity contribution in [2.24, 2.45) is 11.5 Å². The number of anilines is 1. The van der Waals surface area contributed by atoms with Gasteiger partial charge < -0.3 is 27.0 Å². The lowest BCUT2D eigenvalue weighted by atomic mass is 9.97. The highest BCUT2D eigenvalue weighted by Crippen LogP contribution is 2.25. The molecule has 8 N–H and O–H groups in total. The van der Waals surface area contributed by atoms with Gasteiger partial charge in [0, 0.05) is 36.4 Å². The van der Waals surface area contributed by atoms with Crippen LogP contribution in [0.15, 0.2) is 48.5 Å². The lowest BCUT2D eigenvalue weighted by Crippen LogP contribution is -2.39. The summed E-state index contributed by atoms with van der Waals surface area (Å²) in [6.45, 7) is 1.58. The molecule has 0 unspecified atom stereocenters. The summed E-state index contributed by atoms with van der Waals surface area (Å²) in [5.41, 5.74) is 13.9. The van der Waals surface area contributed by atoms with E-state index in [0.717, 1.165) is 11.1 Å². The quantitative estimate of drug-likeness (QED) is 0.311. The Morgan fingerprint density at radius 3 is 2.45 bits per heavy atom. The summed E-state index contributed by atoms with van der Waals surface area (Å²) >= 11 is 0. The normalized spacial score (nSPS) is 13.3. The van der Waals surface area contributed by atoms with Gasteiger partial charge >= 0.3 is 0 Å². The van der Waals surface area contributed by atoms with Crippen LogP contribution in [-0.2, 0) is 6.42 Å². The van der Waals surface area contributed by atoms with Gasteiger partial charge in [-0.05, 0) is 48.2 Å². The maximum absolute atomic E-state index is 14.7. The molecule has 0 radical (unpaired) electrons. The average molecular weight is 423 g/mol. The van der Waals surface area contributed by atoms with Crippen LogP contribution in [0.1, 0.15) is 27.9 Å². The van der Waals surface area contributed by atoms with Gasteiger partial charge in [0.1, 0.15) is 5.82 Å². The summed E-state index contributed by atoms with van der Waals surface area (Å²) in [5, 5.41) is 20.1. The highest BCUT2D eigenvalue weighted by atomic mass is 19.1. The van der Waals surface area contributed by atoms with Crippen molar-refractivity contribution in [2.45, 2.75) is 12.8 Å². The summed E-state index contributed by atoms with van der Waals surface area (Å²) in [7, 11) is 0. The minimum atomic E-state index is -0.455. The van der Waals surface area contributed by atoms with Crippen LogP contribution in [0.4, 0.5) is 10.1 Å². The fraction of sp³-hybridized carbons (Fsp3) is 0.227. The van der Waals surface area contributed by atoms with Crippen molar-refractivity contribution in [3.63, 3.8) is 0 Å². The maximum Gasteiger partial charge on any atom is 0.255 e. The molecular weight excluding hydrogens is 397 g/mol. The summed E-state index contributed by atoms with van der Waals surface area (Å²) < 4.78 is 14.7. The summed E-state index contributed by atoms with van der Waals surface area (Å²) in [6, 6.07) is 11.8. The SMILES string of the molecule is N=C(N)NCCc1ccc(NC(=O)c2ccc(C3=CCN(C(=N)N)CC3)c(F)c2)cc1. The van der Waals surface area contributed by atoms with E-state index in [1.54, 1.807) is 29.2 Å². The summed E-state index contributed by atoms with van der Waals surface area (Å²) in [5.74, 6) is -0.913. The van der Waals surface area contributed by atoms with Crippen LogP contribution in [0.25, 0.3) is 5.57 Å². The number of benzene rings is 2. The highest BCUT2D eigenvalue weighted by Gasteiger charge is 2.17. The monoisotopic (exact) mass is 423 g/mol. The topological polar surface area (TPSA) is 144 Å². The number of hydrogen-bond acceptors (Lipinski definition) is 3. The molecule has 1 heterocycles. The van der Waals surface area contributed by atoms with Gasteiger partial charge in [0.2, 0.25) is 0 Å². The van der Waals surface area contributed by atoms with Crippen LogP contribution in [0.3, 0.4) is 0 Å². The van der Waals surface area contributed by atoms with Gasteiger partial charge in [-0.1, -0.05) is 24.3 Å².